The van der Waals surface area contributed by atoms with Crippen LogP contribution in [0.5, 0.6) is 0 Å². The van der Waals surface area contributed by atoms with Crippen molar-refractivity contribution in [2.75, 3.05) is 39.8 Å². The largest absolute Gasteiger partial charge is 0.381 e. The second-order valence-electron chi connectivity index (χ2n) is 7.58. The van der Waals surface area contributed by atoms with Gasteiger partial charge in [-0.2, -0.15) is 0 Å². The van der Waals surface area contributed by atoms with E-state index in [1.54, 1.807) is 7.11 Å². The van der Waals surface area contributed by atoms with E-state index in [1.807, 2.05) is 0 Å². The van der Waals surface area contributed by atoms with Crippen LogP contribution in [-0.4, -0.2) is 61.6 Å². The van der Waals surface area contributed by atoms with Gasteiger partial charge in [-0.3, -0.25) is 9.69 Å². The molecule has 2 fully saturated rings. The first-order valence-corrected chi connectivity index (χ1v) is 9.81. The molecule has 3 rings (SSSR count). The highest BCUT2D eigenvalue weighted by atomic mass is 16.5. The van der Waals surface area contributed by atoms with Crippen LogP contribution in [0.4, 0.5) is 0 Å². The van der Waals surface area contributed by atoms with E-state index in [0.717, 1.165) is 64.7 Å². The summed E-state index contributed by atoms with van der Waals surface area (Å²) in [6.45, 7) is 4.43. The van der Waals surface area contributed by atoms with E-state index in [1.165, 1.54) is 5.56 Å². The van der Waals surface area contributed by atoms with Crippen LogP contribution in [0.2, 0.25) is 0 Å². The Labute approximate surface area is 152 Å². The summed E-state index contributed by atoms with van der Waals surface area (Å²) in [5.41, 5.74) is 1.42. The molecule has 25 heavy (non-hydrogen) atoms. The Balaban J connectivity index is 1.41. The lowest BCUT2D eigenvalue weighted by atomic mass is 9.90. The first-order valence-electron chi connectivity index (χ1n) is 9.81. The van der Waals surface area contributed by atoms with E-state index < -0.39 is 0 Å². The van der Waals surface area contributed by atoms with Gasteiger partial charge in [0.2, 0.25) is 5.91 Å². The summed E-state index contributed by atoms with van der Waals surface area (Å²) in [6.07, 6.45) is 7.07. The molecule has 4 nitrogen and oxygen atoms in total. The fourth-order valence-electron chi connectivity index (χ4n) is 4.14. The van der Waals surface area contributed by atoms with Crippen LogP contribution in [0.1, 0.15) is 37.7 Å². The van der Waals surface area contributed by atoms with Gasteiger partial charge in [0.05, 0.1) is 12.6 Å². The summed E-state index contributed by atoms with van der Waals surface area (Å²) >= 11 is 0. The molecule has 2 saturated heterocycles. The van der Waals surface area contributed by atoms with Gasteiger partial charge in [-0.15, -0.1) is 0 Å². The average Bonchev–Trinajstić information content (AvgIpc) is 2.88. The number of piperidine rings is 1. The molecule has 0 N–H and O–H groups in total. The summed E-state index contributed by atoms with van der Waals surface area (Å²) in [4.78, 5) is 17.0. The van der Waals surface area contributed by atoms with Crippen molar-refractivity contribution in [3.63, 3.8) is 0 Å². The predicted octanol–water partition coefficient (Wildman–Crippen LogP) is 2.97. The summed E-state index contributed by atoms with van der Waals surface area (Å²) in [7, 11) is 1.80. The number of amides is 1. The number of benzene rings is 1. The van der Waals surface area contributed by atoms with Crippen molar-refractivity contribution in [2.24, 2.45) is 5.92 Å². The van der Waals surface area contributed by atoms with Crippen molar-refractivity contribution in [3.05, 3.63) is 35.9 Å². The lowest BCUT2D eigenvalue weighted by Gasteiger charge is -2.33. The van der Waals surface area contributed by atoms with Gasteiger partial charge in [-0.1, -0.05) is 30.3 Å². The second kappa shape index (κ2) is 9.35. The van der Waals surface area contributed by atoms with E-state index in [0.29, 0.717) is 24.5 Å². The van der Waals surface area contributed by atoms with E-state index >= 15 is 0 Å². The lowest BCUT2D eigenvalue weighted by molar-refractivity contribution is -0.133. The lowest BCUT2D eigenvalue weighted by Crippen LogP contribution is -2.44. The van der Waals surface area contributed by atoms with Crippen LogP contribution in [0.3, 0.4) is 0 Å². The normalized spacial score (nSPS) is 23.4. The smallest absolute Gasteiger partial charge is 0.236 e. The monoisotopic (exact) mass is 344 g/mol. The first-order chi connectivity index (χ1) is 12.2. The molecule has 0 radical (unpaired) electrons. The quantitative estimate of drug-likeness (QED) is 0.823. The number of hydrogen-bond acceptors (Lipinski definition) is 3. The molecule has 2 aliphatic rings. The Bertz CT molecular complexity index is 526. The minimum atomic E-state index is 0.314. The van der Waals surface area contributed by atoms with Gasteiger partial charge in [0, 0.05) is 26.7 Å². The fraction of sp³-hybridized carbons (Fsp3) is 0.667. The Morgan fingerprint density at radius 1 is 1.04 bits per heavy atom. The maximum Gasteiger partial charge on any atom is 0.236 e. The number of ether oxygens (including phenoxy) is 1. The molecule has 2 heterocycles. The van der Waals surface area contributed by atoms with Gasteiger partial charge in [0.1, 0.15) is 0 Å². The molecule has 1 atom stereocenters. The topological polar surface area (TPSA) is 32.8 Å². The molecule has 1 amide bonds. The van der Waals surface area contributed by atoms with Crippen molar-refractivity contribution >= 4 is 5.91 Å². The molecule has 0 saturated carbocycles. The number of carbonyl (C=O) groups is 1. The zero-order valence-electron chi connectivity index (χ0n) is 15.5. The average molecular weight is 344 g/mol. The van der Waals surface area contributed by atoms with Crippen molar-refractivity contribution in [3.8, 4) is 0 Å². The minimum Gasteiger partial charge on any atom is -0.381 e. The Morgan fingerprint density at radius 2 is 1.80 bits per heavy atom. The van der Waals surface area contributed by atoms with Crippen LogP contribution in [0.25, 0.3) is 0 Å². The van der Waals surface area contributed by atoms with E-state index in [4.69, 9.17) is 4.74 Å². The summed E-state index contributed by atoms with van der Waals surface area (Å²) in [6, 6.07) is 10.7. The zero-order valence-corrected chi connectivity index (χ0v) is 15.5. The summed E-state index contributed by atoms with van der Waals surface area (Å²) in [5.74, 6) is 1.03. The number of likely N-dealkylation sites (tertiary alicyclic amines) is 2. The maximum atomic E-state index is 12.6. The van der Waals surface area contributed by atoms with Crippen molar-refractivity contribution in [1.29, 1.82) is 0 Å². The van der Waals surface area contributed by atoms with E-state index in [9.17, 15) is 4.79 Å². The molecule has 0 spiro atoms. The number of rotatable bonds is 5. The number of nitrogens with zero attached hydrogens (tertiary/aromatic N) is 2. The third-order valence-corrected chi connectivity index (χ3v) is 5.79. The van der Waals surface area contributed by atoms with E-state index in [2.05, 4.69) is 40.1 Å². The molecule has 0 bridgehead atoms. The maximum absolute atomic E-state index is 12.6. The van der Waals surface area contributed by atoms with Crippen LogP contribution in [0, 0.1) is 5.92 Å². The molecular weight excluding hydrogens is 312 g/mol. The Hall–Kier alpha value is -1.39. The number of hydrogen-bond donors (Lipinski definition) is 0. The minimum absolute atomic E-state index is 0.314. The molecule has 1 aromatic carbocycles. The summed E-state index contributed by atoms with van der Waals surface area (Å²) < 4.78 is 5.48. The molecule has 4 heteroatoms. The predicted molar refractivity (Wildman–Crippen MR) is 101 cm³/mol. The van der Waals surface area contributed by atoms with Crippen LogP contribution in [0.15, 0.2) is 30.3 Å². The van der Waals surface area contributed by atoms with Gasteiger partial charge in [-0.05, 0) is 56.6 Å². The van der Waals surface area contributed by atoms with Crippen molar-refractivity contribution in [2.45, 2.75) is 44.6 Å². The van der Waals surface area contributed by atoms with Gasteiger partial charge in [0.15, 0.2) is 0 Å². The molecule has 1 unspecified atom stereocenters. The second-order valence-corrected chi connectivity index (χ2v) is 7.58. The molecule has 138 valence electrons. The SMILES string of the molecule is COC1CCCN(CC(=O)N2CCC(Cc3ccccc3)CC2)CC1. The number of methoxy groups -OCH3 is 1. The van der Waals surface area contributed by atoms with Crippen molar-refractivity contribution in [1.82, 2.24) is 9.80 Å². The number of carbonyl (C=O) groups excluding carboxylic acids is 1. The third-order valence-electron chi connectivity index (χ3n) is 5.79. The van der Waals surface area contributed by atoms with Crippen molar-refractivity contribution < 1.29 is 9.53 Å². The summed E-state index contributed by atoms with van der Waals surface area (Å²) in [5, 5.41) is 0. The van der Waals surface area contributed by atoms with Gasteiger partial charge < -0.3 is 9.64 Å². The molecule has 1 aromatic rings. The molecule has 2 aliphatic heterocycles. The highest BCUT2D eigenvalue weighted by molar-refractivity contribution is 5.78. The van der Waals surface area contributed by atoms with Gasteiger partial charge in [-0.25, -0.2) is 0 Å². The molecule has 0 aliphatic carbocycles. The Morgan fingerprint density at radius 3 is 2.52 bits per heavy atom. The van der Waals surface area contributed by atoms with Crippen LogP contribution < -0.4 is 0 Å². The van der Waals surface area contributed by atoms with Gasteiger partial charge in [0.25, 0.3) is 0 Å². The third kappa shape index (κ3) is 5.55. The standard InChI is InChI=1S/C21H32N2O2/c1-25-20-8-5-12-22(13-11-20)17-21(24)23-14-9-19(10-15-23)16-18-6-3-2-4-7-18/h2-4,6-7,19-20H,5,8-17H2,1H3. The Kier molecular flexibility index (Phi) is 6.88. The zero-order chi connectivity index (χ0) is 17.5. The molecule has 0 aromatic heterocycles. The van der Waals surface area contributed by atoms with Crippen LogP contribution in [-0.2, 0) is 16.0 Å². The highest BCUT2D eigenvalue weighted by Gasteiger charge is 2.25. The fourth-order valence-corrected chi connectivity index (χ4v) is 4.14. The van der Waals surface area contributed by atoms with Gasteiger partial charge >= 0.3 is 0 Å². The molecular formula is C21H32N2O2. The first kappa shape index (κ1) is 18.4. The van der Waals surface area contributed by atoms with E-state index in [-0.39, 0.29) is 0 Å². The highest BCUT2D eigenvalue weighted by Crippen LogP contribution is 2.22. The van der Waals surface area contributed by atoms with Crippen LogP contribution >= 0.6 is 0 Å².